The van der Waals surface area contributed by atoms with Crippen molar-refractivity contribution in [1.29, 1.82) is 0 Å². The Morgan fingerprint density at radius 1 is 0.857 bits per heavy atom. The Kier molecular flexibility index (Phi) is 9.23. The number of amides is 4. The fourth-order valence-electron chi connectivity index (χ4n) is 3.72. The molecule has 9 heteroatoms. The van der Waals surface area contributed by atoms with E-state index >= 15 is 0 Å². The first kappa shape index (κ1) is 25.7. The van der Waals surface area contributed by atoms with E-state index in [4.69, 9.17) is 4.74 Å². The summed E-state index contributed by atoms with van der Waals surface area (Å²) in [6.45, 7) is 5.63. The minimum Gasteiger partial charge on any atom is -0.450 e. The summed E-state index contributed by atoms with van der Waals surface area (Å²) in [5.74, 6) is -0.629. The summed E-state index contributed by atoms with van der Waals surface area (Å²) in [6.07, 6.45) is 1.85. The highest BCUT2D eigenvalue weighted by Crippen LogP contribution is 2.20. The third kappa shape index (κ3) is 7.05. The van der Waals surface area contributed by atoms with E-state index in [2.05, 4.69) is 10.6 Å². The minimum absolute atomic E-state index is 0.0559. The van der Waals surface area contributed by atoms with Gasteiger partial charge in [-0.1, -0.05) is 25.5 Å². The summed E-state index contributed by atoms with van der Waals surface area (Å²) in [5.41, 5.74) is 1.82. The number of nitrogens with zero attached hydrogens (tertiary/aromatic N) is 2. The summed E-state index contributed by atoms with van der Waals surface area (Å²) in [6, 6.07) is 13.5. The first-order valence-corrected chi connectivity index (χ1v) is 11.9. The van der Waals surface area contributed by atoms with E-state index in [1.165, 1.54) is 0 Å². The van der Waals surface area contributed by atoms with Crippen molar-refractivity contribution in [2.24, 2.45) is 0 Å². The number of rotatable bonds is 8. The predicted octanol–water partition coefficient (Wildman–Crippen LogP) is 3.98. The average molecular weight is 481 g/mol. The van der Waals surface area contributed by atoms with E-state index in [-0.39, 0.29) is 23.8 Å². The lowest BCUT2D eigenvalue weighted by Gasteiger charge is -2.34. The molecule has 0 bridgehead atoms. The highest BCUT2D eigenvalue weighted by Gasteiger charge is 2.27. The van der Waals surface area contributed by atoms with Crippen LogP contribution in [0.25, 0.3) is 0 Å². The molecular formula is C26H32N4O5. The summed E-state index contributed by atoms with van der Waals surface area (Å²) >= 11 is 0. The van der Waals surface area contributed by atoms with Gasteiger partial charge < -0.3 is 25.2 Å². The molecule has 0 unspecified atom stereocenters. The van der Waals surface area contributed by atoms with Gasteiger partial charge in [-0.05, 0) is 49.7 Å². The zero-order chi connectivity index (χ0) is 25.2. The third-order valence-corrected chi connectivity index (χ3v) is 5.69. The lowest BCUT2D eigenvalue weighted by atomic mass is 10.1. The van der Waals surface area contributed by atoms with E-state index in [1.807, 2.05) is 6.92 Å². The Balaban J connectivity index is 1.62. The highest BCUT2D eigenvalue weighted by molar-refractivity contribution is 6.09. The van der Waals surface area contributed by atoms with Gasteiger partial charge in [-0.15, -0.1) is 0 Å². The van der Waals surface area contributed by atoms with Crippen LogP contribution < -0.4 is 10.6 Å². The molecule has 1 heterocycles. The van der Waals surface area contributed by atoms with Crippen LogP contribution in [0.15, 0.2) is 48.5 Å². The van der Waals surface area contributed by atoms with Crippen molar-refractivity contribution in [3.05, 3.63) is 59.7 Å². The molecule has 1 saturated heterocycles. The number of unbranched alkanes of at least 4 members (excludes halogenated alkanes) is 1. The number of carbonyl (C=O) groups excluding carboxylic acids is 4. The fourth-order valence-corrected chi connectivity index (χ4v) is 3.72. The van der Waals surface area contributed by atoms with Gasteiger partial charge >= 0.3 is 6.09 Å². The van der Waals surface area contributed by atoms with Crippen LogP contribution >= 0.6 is 0 Å². The number of carbonyl (C=O) groups is 4. The number of hydrogen-bond donors (Lipinski definition) is 2. The molecule has 2 aromatic carbocycles. The molecule has 35 heavy (non-hydrogen) atoms. The number of ether oxygens (including phenoxy) is 1. The van der Waals surface area contributed by atoms with E-state index < -0.39 is 0 Å². The Morgan fingerprint density at radius 3 is 2.17 bits per heavy atom. The summed E-state index contributed by atoms with van der Waals surface area (Å²) < 4.78 is 5.02. The van der Waals surface area contributed by atoms with Gasteiger partial charge in [0.2, 0.25) is 5.91 Å². The zero-order valence-electron chi connectivity index (χ0n) is 20.2. The molecular weight excluding hydrogens is 448 g/mol. The van der Waals surface area contributed by atoms with Gasteiger partial charge in [0, 0.05) is 43.9 Å². The number of hydrogen-bond acceptors (Lipinski definition) is 5. The number of para-hydroxylation sites is 1. The Morgan fingerprint density at radius 2 is 1.51 bits per heavy atom. The summed E-state index contributed by atoms with van der Waals surface area (Å²) in [7, 11) is 0. The van der Waals surface area contributed by atoms with Crippen LogP contribution in [0.1, 0.15) is 53.8 Å². The van der Waals surface area contributed by atoms with Gasteiger partial charge in [0.1, 0.15) is 0 Å². The van der Waals surface area contributed by atoms with Crippen molar-refractivity contribution in [2.45, 2.75) is 33.1 Å². The molecule has 2 aromatic rings. The minimum atomic E-state index is -0.376. The zero-order valence-corrected chi connectivity index (χ0v) is 20.2. The van der Waals surface area contributed by atoms with Crippen molar-refractivity contribution in [2.75, 3.05) is 43.4 Å². The quantitative estimate of drug-likeness (QED) is 0.594. The van der Waals surface area contributed by atoms with Crippen LogP contribution in [0.5, 0.6) is 0 Å². The summed E-state index contributed by atoms with van der Waals surface area (Å²) in [4.78, 5) is 53.0. The van der Waals surface area contributed by atoms with Gasteiger partial charge in [-0.2, -0.15) is 0 Å². The molecule has 1 aliphatic rings. The monoisotopic (exact) mass is 480 g/mol. The first-order chi connectivity index (χ1) is 16.9. The Hall–Kier alpha value is -3.88. The number of anilines is 2. The molecule has 9 nitrogen and oxygen atoms in total. The summed E-state index contributed by atoms with van der Waals surface area (Å²) in [5, 5.41) is 5.64. The Labute approximate surface area is 205 Å². The highest BCUT2D eigenvalue weighted by atomic mass is 16.6. The third-order valence-electron chi connectivity index (χ3n) is 5.69. The predicted molar refractivity (Wildman–Crippen MR) is 133 cm³/mol. The second-order valence-corrected chi connectivity index (χ2v) is 8.21. The molecule has 0 spiro atoms. The molecule has 0 aliphatic carbocycles. The number of piperazine rings is 1. The van der Waals surface area contributed by atoms with Gasteiger partial charge in [0.05, 0.1) is 17.9 Å². The van der Waals surface area contributed by atoms with Crippen molar-refractivity contribution in [1.82, 2.24) is 9.80 Å². The molecule has 4 amide bonds. The topological polar surface area (TPSA) is 108 Å². The maximum absolute atomic E-state index is 13.2. The van der Waals surface area contributed by atoms with Crippen molar-refractivity contribution in [3.8, 4) is 0 Å². The van der Waals surface area contributed by atoms with Crippen LogP contribution in [0.4, 0.5) is 16.2 Å². The molecule has 0 aromatic heterocycles. The number of nitrogens with one attached hydrogen (secondary N) is 2. The van der Waals surface area contributed by atoms with E-state index in [0.717, 1.165) is 12.8 Å². The van der Waals surface area contributed by atoms with E-state index in [0.29, 0.717) is 61.7 Å². The average Bonchev–Trinajstić information content (AvgIpc) is 2.88. The molecule has 3 rings (SSSR count). The maximum atomic E-state index is 13.2. The van der Waals surface area contributed by atoms with Crippen molar-refractivity contribution >= 4 is 35.2 Å². The molecule has 1 fully saturated rings. The van der Waals surface area contributed by atoms with Gasteiger partial charge in [-0.3, -0.25) is 14.4 Å². The lowest BCUT2D eigenvalue weighted by molar-refractivity contribution is -0.116. The fraction of sp³-hybridized carbons (Fsp3) is 0.385. The van der Waals surface area contributed by atoms with Crippen molar-refractivity contribution in [3.63, 3.8) is 0 Å². The normalized spacial score (nSPS) is 13.2. The maximum Gasteiger partial charge on any atom is 0.409 e. The standard InChI is InChI=1S/C26H32N4O5/c1-3-5-10-23(31)27-20-13-11-19(12-14-20)24(32)28-22-9-7-6-8-21(22)25(33)29-15-17-30(18-16-29)26(34)35-4-2/h6-9,11-14H,3-5,10,15-18H2,1-2H3,(H,27,31)(H,28,32). The van der Waals surface area contributed by atoms with Gasteiger partial charge in [-0.25, -0.2) is 4.79 Å². The molecule has 0 atom stereocenters. The molecule has 0 radical (unpaired) electrons. The van der Waals surface area contributed by atoms with Crippen LogP contribution in [0.3, 0.4) is 0 Å². The van der Waals surface area contributed by atoms with E-state index in [1.54, 1.807) is 65.3 Å². The van der Waals surface area contributed by atoms with Crippen LogP contribution in [0, 0.1) is 0 Å². The van der Waals surface area contributed by atoms with E-state index in [9.17, 15) is 19.2 Å². The molecule has 0 saturated carbocycles. The second-order valence-electron chi connectivity index (χ2n) is 8.21. The lowest BCUT2D eigenvalue weighted by Crippen LogP contribution is -2.50. The SMILES string of the molecule is CCCCC(=O)Nc1ccc(C(=O)Nc2ccccc2C(=O)N2CCN(C(=O)OCC)CC2)cc1. The molecule has 2 N–H and O–H groups in total. The molecule has 186 valence electrons. The molecule has 1 aliphatic heterocycles. The number of benzene rings is 2. The van der Waals surface area contributed by atoms with Crippen molar-refractivity contribution < 1.29 is 23.9 Å². The van der Waals surface area contributed by atoms with Gasteiger partial charge in [0.15, 0.2) is 0 Å². The largest absolute Gasteiger partial charge is 0.450 e. The second kappa shape index (κ2) is 12.5. The Bertz CT molecular complexity index is 1050. The van der Waals surface area contributed by atoms with Gasteiger partial charge in [0.25, 0.3) is 11.8 Å². The van der Waals surface area contributed by atoms with Crippen LogP contribution in [0.2, 0.25) is 0 Å². The van der Waals surface area contributed by atoms with Crippen LogP contribution in [-0.4, -0.2) is 66.4 Å². The first-order valence-electron chi connectivity index (χ1n) is 11.9. The van der Waals surface area contributed by atoms with Crippen LogP contribution in [-0.2, 0) is 9.53 Å². The smallest absolute Gasteiger partial charge is 0.409 e.